The van der Waals surface area contributed by atoms with E-state index in [1.54, 1.807) is 36.2 Å². The molecule has 0 unspecified atom stereocenters. The molecule has 3 N–H and O–H groups in total. The zero-order chi connectivity index (χ0) is 13.4. The summed E-state index contributed by atoms with van der Waals surface area (Å²) in [6, 6.07) is 6.99. The van der Waals surface area contributed by atoms with Crippen LogP contribution in [-0.2, 0) is 11.4 Å². The first-order valence-corrected chi connectivity index (χ1v) is 5.94. The second kappa shape index (κ2) is 7.68. The van der Waals surface area contributed by atoms with Crippen LogP contribution >= 0.6 is 0 Å². The molecule has 0 heterocycles. The van der Waals surface area contributed by atoms with E-state index in [0.29, 0.717) is 18.8 Å². The van der Waals surface area contributed by atoms with E-state index < -0.39 is 0 Å². The predicted molar refractivity (Wildman–Crippen MR) is 69.2 cm³/mol. The van der Waals surface area contributed by atoms with Crippen LogP contribution in [0.1, 0.15) is 12.0 Å². The first kappa shape index (κ1) is 14.5. The quantitative estimate of drug-likeness (QED) is 0.735. The third-order valence-corrected chi connectivity index (χ3v) is 2.59. The molecule has 1 rings (SSSR count). The predicted octanol–water partition coefficient (Wildman–Crippen LogP) is 0.365. The first-order valence-electron chi connectivity index (χ1n) is 5.94. The van der Waals surface area contributed by atoms with Gasteiger partial charge in [-0.1, -0.05) is 12.1 Å². The van der Waals surface area contributed by atoms with Crippen LogP contribution in [0, 0.1) is 0 Å². The molecule has 0 radical (unpaired) electrons. The van der Waals surface area contributed by atoms with Crippen molar-refractivity contribution in [2.75, 3.05) is 26.7 Å². The van der Waals surface area contributed by atoms with Crippen molar-refractivity contribution in [3.05, 3.63) is 29.8 Å². The highest BCUT2D eigenvalue weighted by Crippen LogP contribution is 2.12. The Morgan fingerprint density at radius 1 is 1.39 bits per heavy atom. The largest absolute Gasteiger partial charge is 0.484 e. The van der Waals surface area contributed by atoms with E-state index >= 15 is 0 Å². The molecule has 0 aliphatic rings. The van der Waals surface area contributed by atoms with Gasteiger partial charge in [-0.05, 0) is 30.7 Å². The number of benzene rings is 1. The normalized spacial score (nSPS) is 10.2. The molecule has 1 aromatic rings. The minimum absolute atomic E-state index is 0.00103. The fraction of sp³-hybridized carbons (Fsp3) is 0.462. The van der Waals surface area contributed by atoms with Crippen molar-refractivity contribution >= 4 is 5.91 Å². The van der Waals surface area contributed by atoms with Crippen molar-refractivity contribution in [1.82, 2.24) is 4.90 Å². The molecule has 0 spiro atoms. The lowest BCUT2D eigenvalue weighted by Gasteiger charge is -2.16. The molecular weight excluding hydrogens is 232 g/mol. The zero-order valence-electron chi connectivity index (χ0n) is 10.6. The SMILES string of the molecule is CN(CCCN)C(=O)COc1ccc(CO)cc1. The Labute approximate surface area is 107 Å². The highest BCUT2D eigenvalue weighted by molar-refractivity contribution is 5.77. The fourth-order valence-corrected chi connectivity index (χ4v) is 1.40. The summed E-state index contributed by atoms with van der Waals surface area (Å²) in [5.41, 5.74) is 6.19. The highest BCUT2D eigenvalue weighted by atomic mass is 16.5. The van der Waals surface area contributed by atoms with Gasteiger partial charge in [0.15, 0.2) is 6.61 Å². The van der Waals surface area contributed by atoms with Crippen LogP contribution in [0.3, 0.4) is 0 Å². The summed E-state index contributed by atoms with van der Waals surface area (Å²) in [7, 11) is 1.73. The molecule has 0 aromatic heterocycles. The number of carbonyl (C=O) groups excluding carboxylic acids is 1. The molecular formula is C13H20N2O3. The number of carbonyl (C=O) groups is 1. The van der Waals surface area contributed by atoms with Crippen LogP contribution in [0.25, 0.3) is 0 Å². The van der Waals surface area contributed by atoms with Gasteiger partial charge < -0.3 is 20.5 Å². The van der Waals surface area contributed by atoms with E-state index in [4.69, 9.17) is 15.6 Å². The average molecular weight is 252 g/mol. The summed E-state index contributed by atoms with van der Waals surface area (Å²) in [6.45, 7) is 1.23. The minimum atomic E-state index is -0.0744. The molecule has 0 fully saturated rings. The number of ether oxygens (including phenoxy) is 1. The van der Waals surface area contributed by atoms with E-state index in [9.17, 15) is 4.79 Å². The van der Waals surface area contributed by atoms with Crippen molar-refractivity contribution in [1.29, 1.82) is 0 Å². The van der Waals surface area contributed by atoms with Crippen molar-refractivity contribution < 1.29 is 14.6 Å². The van der Waals surface area contributed by atoms with Gasteiger partial charge in [0.25, 0.3) is 5.91 Å². The maximum atomic E-state index is 11.7. The molecule has 0 atom stereocenters. The summed E-state index contributed by atoms with van der Waals surface area (Å²) < 4.78 is 5.36. The van der Waals surface area contributed by atoms with Crippen LogP contribution in [0.4, 0.5) is 0 Å². The van der Waals surface area contributed by atoms with Gasteiger partial charge in [0.1, 0.15) is 5.75 Å². The molecule has 0 bridgehead atoms. The number of rotatable bonds is 7. The molecule has 1 amide bonds. The monoisotopic (exact) mass is 252 g/mol. The molecule has 18 heavy (non-hydrogen) atoms. The van der Waals surface area contributed by atoms with Crippen molar-refractivity contribution in [2.45, 2.75) is 13.0 Å². The van der Waals surface area contributed by atoms with Gasteiger partial charge in [0.05, 0.1) is 6.61 Å². The molecule has 1 aromatic carbocycles. The summed E-state index contributed by atoms with van der Waals surface area (Å²) in [5, 5.41) is 8.89. The topological polar surface area (TPSA) is 75.8 Å². The third kappa shape index (κ3) is 4.73. The number of likely N-dealkylation sites (N-methyl/N-ethyl adjacent to an activating group) is 1. The summed E-state index contributed by atoms with van der Waals surface area (Å²) in [5.74, 6) is 0.544. The summed E-state index contributed by atoms with van der Waals surface area (Å²) in [6.07, 6.45) is 0.785. The number of nitrogens with zero attached hydrogens (tertiary/aromatic N) is 1. The van der Waals surface area contributed by atoms with Crippen LogP contribution in [-0.4, -0.2) is 42.7 Å². The number of aliphatic hydroxyl groups excluding tert-OH is 1. The van der Waals surface area contributed by atoms with Crippen molar-refractivity contribution in [2.24, 2.45) is 5.73 Å². The summed E-state index contributed by atoms with van der Waals surface area (Å²) >= 11 is 0. The van der Waals surface area contributed by atoms with Gasteiger partial charge in [-0.2, -0.15) is 0 Å². The Balaban J connectivity index is 2.37. The Morgan fingerprint density at radius 2 is 2.06 bits per heavy atom. The van der Waals surface area contributed by atoms with E-state index in [-0.39, 0.29) is 19.1 Å². The molecule has 5 heteroatoms. The minimum Gasteiger partial charge on any atom is -0.484 e. The Kier molecular flexibility index (Phi) is 6.18. The number of nitrogens with two attached hydrogens (primary N) is 1. The second-order valence-electron chi connectivity index (χ2n) is 4.05. The smallest absolute Gasteiger partial charge is 0.260 e. The lowest BCUT2D eigenvalue weighted by molar-refractivity contribution is -0.132. The average Bonchev–Trinajstić information content (AvgIpc) is 2.42. The van der Waals surface area contributed by atoms with Gasteiger partial charge in [0.2, 0.25) is 0 Å². The van der Waals surface area contributed by atoms with Gasteiger partial charge in [0, 0.05) is 13.6 Å². The maximum absolute atomic E-state index is 11.7. The molecule has 100 valence electrons. The first-order chi connectivity index (χ1) is 8.67. The fourth-order valence-electron chi connectivity index (χ4n) is 1.40. The Morgan fingerprint density at radius 3 is 2.61 bits per heavy atom. The van der Waals surface area contributed by atoms with Crippen LogP contribution in [0.15, 0.2) is 24.3 Å². The Bertz CT molecular complexity index is 365. The van der Waals surface area contributed by atoms with E-state index in [1.165, 1.54) is 0 Å². The lowest BCUT2D eigenvalue weighted by Crippen LogP contribution is -2.33. The van der Waals surface area contributed by atoms with Gasteiger partial charge in [-0.3, -0.25) is 4.79 Å². The molecule has 0 aliphatic heterocycles. The van der Waals surface area contributed by atoms with Gasteiger partial charge in [-0.15, -0.1) is 0 Å². The van der Waals surface area contributed by atoms with Crippen LogP contribution < -0.4 is 10.5 Å². The molecule has 0 aliphatic carbocycles. The lowest BCUT2D eigenvalue weighted by atomic mass is 10.2. The molecule has 0 saturated heterocycles. The van der Waals surface area contributed by atoms with Crippen molar-refractivity contribution in [3.63, 3.8) is 0 Å². The second-order valence-corrected chi connectivity index (χ2v) is 4.05. The van der Waals surface area contributed by atoms with Crippen molar-refractivity contribution in [3.8, 4) is 5.75 Å². The number of amides is 1. The van der Waals surface area contributed by atoms with E-state index in [0.717, 1.165) is 12.0 Å². The Hall–Kier alpha value is -1.59. The van der Waals surface area contributed by atoms with Gasteiger partial charge in [-0.25, -0.2) is 0 Å². The van der Waals surface area contributed by atoms with Crippen LogP contribution in [0.2, 0.25) is 0 Å². The van der Waals surface area contributed by atoms with Gasteiger partial charge >= 0.3 is 0 Å². The number of aliphatic hydroxyl groups is 1. The van der Waals surface area contributed by atoms with E-state index in [2.05, 4.69) is 0 Å². The summed E-state index contributed by atoms with van der Waals surface area (Å²) in [4.78, 5) is 13.3. The van der Waals surface area contributed by atoms with E-state index in [1.807, 2.05) is 0 Å². The molecule has 0 saturated carbocycles. The molecule has 5 nitrogen and oxygen atoms in total. The number of hydrogen-bond donors (Lipinski definition) is 2. The number of hydrogen-bond acceptors (Lipinski definition) is 4. The third-order valence-electron chi connectivity index (χ3n) is 2.59. The zero-order valence-corrected chi connectivity index (χ0v) is 10.6. The standard InChI is InChI=1S/C13H20N2O3/c1-15(8-2-7-14)13(17)10-18-12-5-3-11(9-16)4-6-12/h3-6,16H,2,7-10,14H2,1H3. The maximum Gasteiger partial charge on any atom is 0.260 e. The van der Waals surface area contributed by atoms with Crippen LogP contribution in [0.5, 0.6) is 5.75 Å². The highest BCUT2D eigenvalue weighted by Gasteiger charge is 2.08.